The molecule has 1 aliphatic heterocycles. The number of hydrogen-bond acceptors (Lipinski definition) is 3. The molecule has 0 N–H and O–H groups in total. The quantitative estimate of drug-likeness (QED) is 0.752. The molecule has 22 heavy (non-hydrogen) atoms. The zero-order valence-corrected chi connectivity index (χ0v) is 14.7. The maximum Gasteiger partial charge on any atom is 0.129 e. The minimum absolute atomic E-state index is 0.558. The number of hydrogen-bond donors (Lipinski definition) is 0. The number of benzene rings is 1. The second-order valence-corrected chi connectivity index (χ2v) is 6.97. The number of halogens is 2. The molecule has 0 atom stereocenters. The molecule has 0 bridgehead atoms. The van der Waals surface area contributed by atoms with Crippen LogP contribution in [0, 0.1) is 0 Å². The van der Waals surface area contributed by atoms with Crippen LogP contribution in [0.1, 0.15) is 11.1 Å². The first kappa shape index (κ1) is 15.9. The summed E-state index contributed by atoms with van der Waals surface area (Å²) >= 11 is 9.31. The molecule has 2 aromatic rings. The van der Waals surface area contributed by atoms with Crippen LogP contribution >= 0.6 is 27.5 Å². The van der Waals surface area contributed by atoms with Gasteiger partial charge >= 0.3 is 0 Å². The van der Waals surface area contributed by atoms with Gasteiger partial charge in [-0.3, -0.25) is 9.80 Å². The van der Waals surface area contributed by atoms with Crippen molar-refractivity contribution in [3.05, 3.63) is 63.3 Å². The Bertz CT molecular complexity index is 537. The van der Waals surface area contributed by atoms with E-state index in [0.29, 0.717) is 5.15 Å². The monoisotopic (exact) mass is 379 g/mol. The molecule has 3 rings (SSSR count). The van der Waals surface area contributed by atoms with Crippen molar-refractivity contribution in [2.24, 2.45) is 0 Å². The van der Waals surface area contributed by atoms with E-state index >= 15 is 0 Å². The van der Waals surface area contributed by atoms with Crippen LogP contribution in [0.2, 0.25) is 5.15 Å². The molecular formula is C17H19BrClN3. The summed E-state index contributed by atoms with van der Waals surface area (Å²) in [6.07, 6.45) is 1.87. The first-order valence-electron chi connectivity index (χ1n) is 7.48. The molecule has 0 saturated carbocycles. The van der Waals surface area contributed by atoms with E-state index in [4.69, 9.17) is 11.6 Å². The van der Waals surface area contributed by atoms with E-state index in [1.165, 1.54) is 11.1 Å². The van der Waals surface area contributed by atoms with Crippen molar-refractivity contribution in [3.8, 4) is 0 Å². The smallest absolute Gasteiger partial charge is 0.129 e. The van der Waals surface area contributed by atoms with E-state index in [9.17, 15) is 0 Å². The van der Waals surface area contributed by atoms with Crippen LogP contribution in [0.25, 0.3) is 0 Å². The van der Waals surface area contributed by atoms with Gasteiger partial charge in [-0.2, -0.15) is 0 Å². The summed E-state index contributed by atoms with van der Waals surface area (Å²) in [5.41, 5.74) is 2.60. The molecule has 1 saturated heterocycles. The van der Waals surface area contributed by atoms with Crippen molar-refractivity contribution in [2.45, 2.75) is 13.1 Å². The summed E-state index contributed by atoms with van der Waals surface area (Å²) in [5, 5.41) is 0.558. The van der Waals surface area contributed by atoms with Gasteiger partial charge in [-0.05, 0) is 29.3 Å². The first-order chi connectivity index (χ1) is 10.7. The molecule has 5 heteroatoms. The molecule has 1 aromatic heterocycles. The number of rotatable bonds is 4. The van der Waals surface area contributed by atoms with Crippen molar-refractivity contribution in [3.63, 3.8) is 0 Å². The Kier molecular flexibility index (Phi) is 5.47. The normalized spacial score (nSPS) is 16.8. The lowest BCUT2D eigenvalue weighted by Gasteiger charge is -2.34. The summed E-state index contributed by atoms with van der Waals surface area (Å²) in [4.78, 5) is 9.14. The third kappa shape index (κ3) is 4.53. The fourth-order valence-corrected chi connectivity index (χ4v) is 3.09. The van der Waals surface area contributed by atoms with Crippen molar-refractivity contribution in [1.29, 1.82) is 0 Å². The lowest BCUT2D eigenvalue weighted by molar-refractivity contribution is 0.122. The largest absolute Gasteiger partial charge is 0.297 e. The number of aromatic nitrogens is 1. The fraction of sp³-hybridized carbons (Fsp3) is 0.353. The van der Waals surface area contributed by atoms with Crippen molar-refractivity contribution in [1.82, 2.24) is 14.8 Å². The van der Waals surface area contributed by atoms with Gasteiger partial charge in [0.1, 0.15) is 5.15 Å². The molecule has 1 aromatic carbocycles. The van der Waals surface area contributed by atoms with E-state index in [1.54, 1.807) is 0 Å². The number of pyridine rings is 1. The molecule has 0 spiro atoms. The van der Waals surface area contributed by atoms with Crippen LogP contribution in [0.3, 0.4) is 0 Å². The highest BCUT2D eigenvalue weighted by atomic mass is 79.9. The molecule has 1 fully saturated rings. The van der Waals surface area contributed by atoms with Crippen LogP contribution in [-0.2, 0) is 13.1 Å². The molecule has 116 valence electrons. The summed E-state index contributed by atoms with van der Waals surface area (Å²) in [5.74, 6) is 0. The molecule has 2 heterocycles. The Balaban J connectivity index is 1.47. The minimum atomic E-state index is 0.558. The van der Waals surface area contributed by atoms with E-state index < -0.39 is 0 Å². The van der Waals surface area contributed by atoms with E-state index in [0.717, 1.165) is 43.7 Å². The van der Waals surface area contributed by atoms with Gasteiger partial charge in [0.05, 0.1) is 0 Å². The third-order valence-electron chi connectivity index (χ3n) is 3.98. The lowest BCUT2D eigenvalue weighted by Crippen LogP contribution is -2.45. The Morgan fingerprint density at radius 3 is 1.95 bits per heavy atom. The molecular weight excluding hydrogens is 362 g/mol. The number of piperazine rings is 1. The molecule has 1 aliphatic rings. The predicted molar refractivity (Wildman–Crippen MR) is 93.9 cm³/mol. The molecule has 0 unspecified atom stereocenters. The van der Waals surface area contributed by atoms with Gasteiger partial charge in [0.2, 0.25) is 0 Å². The van der Waals surface area contributed by atoms with Gasteiger partial charge in [-0.25, -0.2) is 4.98 Å². The van der Waals surface area contributed by atoms with Crippen LogP contribution in [-0.4, -0.2) is 41.0 Å². The lowest BCUT2D eigenvalue weighted by atomic mass is 10.2. The van der Waals surface area contributed by atoms with Crippen molar-refractivity contribution >= 4 is 27.5 Å². The Morgan fingerprint density at radius 1 is 0.864 bits per heavy atom. The van der Waals surface area contributed by atoms with E-state index in [1.807, 2.05) is 12.3 Å². The van der Waals surface area contributed by atoms with Gasteiger partial charge < -0.3 is 0 Å². The maximum atomic E-state index is 5.83. The number of nitrogens with zero attached hydrogens (tertiary/aromatic N) is 3. The van der Waals surface area contributed by atoms with Crippen LogP contribution in [0.5, 0.6) is 0 Å². The van der Waals surface area contributed by atoms with Crippen LogP contribution < -0.4 is 0 Å². The highest BCUT2D eigenvalue weighted by Crippen LogP contribution is 2.14. The maximum absolute atomic E-state index is 5.83. The molecule has 0 radical (unpaired) electrons. The van der Waals surface area contributed by atoms with Gasteiger partial charge in [0, 0.05) is 49.9 Å². The van der Waals surface area contributed by atoms with Gasteiger partial charge in [-0.1, -0.05) is 45.7 Å². The summed E-state index contributed by atoms with van der Waals surface area (Å²) in [6, 6.07) is 12.5. The van der Waals surface area contributed by atoms with Gasteiger partial charge in [-0.15, -0.1) is 0 Å². The van der Waals surface area contributed by atoms with Gasteiger partial charge in [0.15, 0.2) is 0 Å². The van der Waals surface area contributed by atoms with Crippen molar-refractivity contribution < 1.29 is 0 Å². The topological polar surface area (TPSA) is 19.4 Å². The molecule has 0 aliphatic carbocycles. The summed E-state index contributed by atoms with van der Waals surface area (Å²) in [6.45, 7) is 6.40. The standard InChI is InChI=1S/C17H19BrClN3/c18-16-4-1-14(2-5-16)12-21-7-9-22(10-8-21)13-15-3-6-17(19)20-11-15/h1-6,11H,7-10,12-13H2. The second-order valence-electron chi connectivity index (χ2n) is 5.67. The SMILES string of the molecule is Clc1ccc(CN2CCN(Cc3ccc(Br)cc3)CC2)cn1. The first-order valence-corrected chi connectivity index (χ1v) is 8.66. The van der Waals surface area contributed by atoms with Crippen molar-refractivity contribution in [2.75, 3.05) is 26.2 Å². The molecule has 0 amide bonds. The minimum Gasteiger partial charge on any atom is -0.297 e. The highest BCUT2D eigenvalue weighted by Gasteiger charge is 2.17. The predicted octanol–water partition coefficient (Wildman–Crippen LogP) is 3.82. The van der Waals surface area contributed by atoms with E-state index in [2.05, 4.69) is 61.0 Å². The zero-order chi connectivity index (χ0) is 15.4. The van der Waals surface area contributed by atoms with Crippen LogP contribution in [0.4, 0.5) is 0 Å². The zero-order valence-electron chi connectivity index (χ0n) is 12.4. The molecule has 3 nitrogen and oxygen atoms in total. The fourth-order valence-electron chi connectivity index (χ4n) is 2.71. The van der Waals surface area contributed by atoms with Gasteiger partial charge in [0.25, 0.3) is 0 Å². The van der Waals surface area contributed by atoms with Crippen LogP contribution in [0.15, 0.2) is 47.1 Å². The summed E-state index contributed by atoms with van der Waals surface area (Å²) in [7, 11) is 0. The Morgan fingerprint density at radius 2 is 1.41 bits per heavy atom. The van der Waals surface area contributed by atoms with E-state index in [-0.39, 0.29) is 0 Å². The Labute approximate surface area is 145 Å². The third-order valence-corrected chi connectivity index (χ3v) is 4.73. The average Bonchev–Trinajstić information content (AvgIpc) is 2.54. The highest BCUT2D eigenvalue weighted by molar-refractivity contribution is 9.10. The average molecular weight is 381 g/mol. The Hall–Kier alpha value is -0.940. The second kappa shape index (κ2) is 7.55. The summed E-state index contributed by atoms with van der Waals surface area (Å²) < 4.78 is 1.14.